The van der Waals surface area contributed by atoms with Crippen molar-refractivity contribution in [2.45, 2.75) is 0 Å². The first-order valence-corrected chi connectivity index (χ1v) is 8.08. The van der Waals surface area contributed by atoms with Crippen LogP contribution >= 0.6 is 0 Å². The first kappa shape index (κ1) is 18.0. The van der Waals surface area contributed by atoms with E-state index >= 15 is 0 Å². The van der Waals surface area contributed by atoms with E-state index in [-0.39, 0.29) is 5.69 Å². The summed E-state index contributed by atoms with van der Waals surface area (Å²) in [6, 6.07) is 17.5. The fraction of sp³-hybridized carbons (Fsp3) is 0.0952. The van der Waals surface area contributed by atoms with Crippen LogP contribution < -0.4 is 9.47 Å². The van der Waals surface area contributed by atoms with E-state index in [0.29, 0.717) is 28.2 Å². The molecule has 0 N–H and O–H groups in total. The molecule has 0 spiro atoms. The molecule has 0 aliphatic heterocycles. The number of hydrogen-bond acceptors (Lipinski definition) is 5. The van der Waals surface area contributed by atoms with Gasteiger partial charge in [0, 0.05) is 17.7 Å². The van der Waals surface area contributed by atoms with Crippen LogP contribution in [0.4, 0.5) is 5.69 Å². The predicted octanol–water partition coefficient (Wildman–Crippen LogP) is 4.83. The molecule has 3 aromatic rings. The van der Waals surface area contributed by atoms with Gasteiger partial charge in [-0.1, -0.05) is 24.3 Å². The van der Waals surface area contributed by atoms with Crippen LogP contribution in [-0.2, 0) is 0 Å². The normalized spacial score (nSPS) is 11.1. The lowest BCUT2D eigenvalue weighted by Crippen LogP contribution is -1.92. The molecule has 0 heterocycles. The minimum atomic E-state index is -0.484. The lowest BCUT2D eigenvalue weighted by molar-refractivity contribution is -0.384. The smallest absolute Gasteiger partial charge is 0.270 e. The van der Waals surface area contributed by atoms with Crippen molar-refractivity contribution in [3.05, 3.63) is 75.8 Å². The van der Waals surface area contributed by atoms with Crippen LogP contribution in [0.15, 0.2) is 54.6 Å². The van der Waals surface area contributed by atoms with Crippen LogP contribution in [0.5, 0.6) is 11.5 Å². The zero-order valence-corrected chi connectivity index (χ0v) is 14.8. The SMILES string of the molecule is COc1ccc2ccc(OC)c(C=C(C#N)c3cccc([N+](=O)[O-])c3)c2c1. The summed E-state index contributed by atoms with van der Waals surface area (Å²) in [4.78, 5) is 10.6. The molecule has 0 aliphatic rings. The fourth-order valence-corrected chi connectivity index (χ4v) is 2.87. The Balaban J connectivity index is 2.24. The first-order chi connectivity index (χ1) is 13.1. The van der Waals surface area contributed by atoms with Gasteiger partial charge in [-0.15, -0.1) is 0 Å². The molecule has 3 aromatic carbocycles. The number of non-ortho nitro benzene ring substituents is 1. The molecule has 3 rings (SSSR count). The van der Waals surface area contributed by atoms with E-state index < -0.39 is 4.92 Å². The van der Waals surface area contributed by atoms with E-state index in [4.69, 9.17) is 9.47 Å². The molecular weight excluding hydrogens is 344 g/mol. The first-order valence-electron chi connectivity index (χ1n) is 8.08. The molecule has 0 radical (unpaired) electrons. The number of ether oxygens (including phenoxy) is 2. The predicted molar refractivity (Wildman–Crippen MR) is 104 cm³/mol. The Kier molecular flexibility index (Phi) is 5.04. The molecule has 0 aromatic heterocycles. The molecule has 0 fully saturated rings. The molecule has 27 heavy (non-hydrogen) atoms. The van der Waals surface area contributed by atoms with Crippen LogP contribution in [0.2, 0.25) is 0 Å². The van der Waals surface area contributed by atoms with Crippen LogP contribution in [0.3, 0.4) is 0 Å². The fourth-order valence-electron chi connectivity index (χ4n) is 2.87. The van der Waals surface area contributed by atoms with Crippen LogP contribution in [-0.4, -0.2) is 19.1 Å². The largest absolute Gasteiger partial charge is 0.497 e. The van der Waals surface area contributed by atoms with Crippen molar-refractivity contribution in [2.75, 3.05) is 14.2 Å². The summed E-state index contributed by atoms with van der Waals surface area (Å²) in [5.74, 6) is 1.27. The molecule has 0 amide bonds. The summed E-state index contributed by atoms with van der Waals surface area (Å²) in [7, 11) is 3.14. The summed E-state index contributed by atoms with van der Waals surface area (Å²) in [5, 5.41) is 22.5. The number of rotatable bonds is 5. The number of fused-ring (bicyclic) bond motifs is 1. The standard InChI is InChI=1S/C21H16N2O4/c1-26-18-8-6-14-7-9-21(27-2)20(19(14)12-18)11-16(13-22)15-4-3-5-17(10-15)23(24)25/h3-12H,1-2H3. The van der Waals surface area contributed by atoms with E-state index in [1.165, 1.54) is 12.1 Å². The van der Waals surface area contributed by atoms with Gasteiger partial charge >= 0.3 is 0 Å². The topological polar surface area (TPSA) is 85.4 Å². The second kappa shape index (κ2) is 7.58. The summed E-state index contributed by atoms with van der Waals surface area (Å²) < 4.78 is 10.8. The Morgan fingerprint density at radius 3 is 2.56 bits per heavy atom. The van der Waals surface area contributed by atoms with Crippen molar-refractivity contribution >= 4 is 28.1 Å². The average Bonchev–Trinajstić information content (AvgIpc) is 2.71. The zero-order valence-electron chi connectivity index (χ0n) is 14.8. The second-order valence-corrected chi connectivity index (χ2v) is 5.75. The maximum Gasteiger partial charge on any atom is 0.270 e. The number of hydrogen-bond donors (Lipinski definition) is 0. The van der Waals surface area contributed by atoms with Gasteiger partial charge in [0.15, 0.2) is 0 Å². The van der Waals surface area contributed by atoms with Crippen molar-refractivity contribution in [2.24, 2.45) is 0 Å². The van der Waals surface area contributed by atoms with Gasteiger partial charge < -0.3 is 9.47 Å². The molecule has 6 heteroatoms. The van der Waals surface area contributed by atoms with Crippen LogP contribution in [0, 0.1) is 21.4 Å². The summed E-state index contributed by atoms with van der Waals surface area (Å²) in [5.41, 5.74) is 1.40. The highest BCUT2D eigenvalue weighted by atomic mass is 16.6. The van der Waals surface area contributed by atoms with E-state index in [9.17, 15) is 15.4 Å². The highest BCUT2D eigenvalue weighted by Gasteiger charge is 2.12. The number of benzene rings is 3. The van der Waals surface area contributed by atoms with Gasteiger partial charge in [-0.05, 0) is 40.6 Å². The van der Waals surface area contributed by atoms with Crippen molar-refractivity contribution in [1.29, 1.82) is 5.26 Å². The Labute approximate surface area is 156 Å². The lowest BCUT2D eigenvalue weighted by atomic mass is 9.98. The van der Waals surface area contributed by atoms with Gasteiger partial charge in [0.05, 0.1) is 30.8 Å². The molecule has 134 valence electrons. The molecule has 0 aliphatic carbocycles. The second-order valence-electron chi connectivity index (χ2n) is 5.75. The third-order valence-corrected chi connectivity index (χ3v) is 4.23. The zero-order chi connectivity index (χ0) is 19.4. The van der Waals surface area contributed by atoms with Crippen LogP contribution in [0.1, 0.15) is 11.1 Å². The highest BCUT2D eigenvalue weighted by Crippen LogP contribution is 2.34. The number of allylic oxidation sites excluding steroid dienone is 1. The van der Waals surface area contributed by atoms with E-state index in [1.54, 1.807) is 32.4 Å². The molecule has 0 bridgehead atoms. The molecule has 0 saturated carbocycles. The van der Waals surface area contributed by atoms with Crippen molar-refractivity contribution < 1.29 is 14.4 Å². The molecule has 0 saturated heterocycles. The Bertz CT molecular complexity index is 1090. The van der Waals surface area contributed by atoms with Crippen molar-refractivity contribution in [3.8, 4) is 17.6 Å². The molecule has 6 nitrogen and oxygen atoms in total. The van der Waals surface area contributed by atoms with Crippen molar-refractivity contribution in [1.82, 2.24) is 0 Å². The number of nitriles is 1. The van der Waals surface area contributed by atoms with E-state index in [1.807, 2.05) is 30.3 Å². The van der Waals surface area contributed by atoms with Crippen molar-refractivity contribution in [3.63, 3.8) is 0 Å². The monoisotopic (exact) mass is 360 g/mol. The summed E-state index contributed by atoms with van der Waals surface area (Å²) >= 11 is 0. The van der Waals surface area contributed by atoms with Crippen LogP contribution in [0.25, 0.3) is 22.4 Å². The number of nitrogens with zero attached hydrogens (tertiary/aromatic N) is 2. The average molecular weight is 360 g/mol. The van der Waals surface area contributed by atoms with Gasteiger partial charge in [0.2, 0.25) is 0 Å². The summed E-state index contributed by atoms with van der Waals surface area (Å²) in [6.45, 7) is 0. The van der Waals surface area contributed by atoms with Gasteiger partial charge in [0.1, 0.15) is 11.5 Å². The summed E-state index contributed by atoms with van der Waals surface area (Å²) in [6.07, 6.45) is 1.68. The molecule has 0 atom stereocenters. The Hall–Kier alpha value is -3.85. The van der Waals surface area contributed by atoms with Gasteiger partial charge in [-0.25, -0.2) is 0 Å². The molecular formula is C21H16N2O4. The minimum Gasteiger partial charge on any atom is -0.497 e. The Morgan fingerprint density at radius 2 is 1.89 bits per heavy atom. The third kappa shape index (κ3) is 3.58. The third-order valence-electron chi connectivity index (χ3n) is 4.23. The maximum absolute atomic E-state index is 11.0. The van der Waals surface area contributed by atoms with E-state index in [2.05, 4.69) is 6.07 Å². The molecule has 0 unspecified atom stereocenters. The maximum atomic E-state index is 11.0. The quantitative estimate of drug-likeness (QED) is 0.281. The van der Waals surface area contributed by atoms with Gasteiger partial charge in [-0.3, -0.25) is 10.1 Å². The Morgan fingerprint density at radius 1 is 1.11 bits per heavy atom. The minimum absolute atomic E-state index is 0.0693. The lowest BCUT2D eigenvalue weighted by Gasteiger charge is -2.11. The number of nitro benzene ring substituents is 1. The van der Waals surface area contributed by atoms with E-state index in [0.717, 1.165) is 10.8 Å². The highest BCUT2D eigenvalue weighted by molar-refractivity contribution is 6.01. The number of nitro groups is 1. The van der Waals surface area contributed by atoms with Gasteiger partial charge in [0.25, 0.3) is 5.69 Å². The van der Waals surface area contributed by atoms with Gasteiger partial charge in [-0.2, -0.15) is 5.26 Å². The number of methoxy groups -OCH3 is 2.